The van der Waals surface area contributed by atoms with Crippen molar-refractivity contribution in [2.24, 2.45) is 11.8 Å². The van der Waals surface area contributed by atoms with Crippen molar-refractivity contribution in [1.29, 1.82) is 5.26 Å². The van der Waals surface area contributed by atoms with Crippen LogP contribution in [0.25, 0.3) is 10.9 Å². The van der Waals surface area contributed by atoms with Crippen molar-refractivity contribution < 1.29 is 23.9 Å². The van der Waals surface area contributed by atoms with Crippen LogP contribution < -0.4 is 15.4 Å². The lowest BCUT2D eigenvalue weighted by Crippen LogP contribution is -2.48. The fourth-order valence-corrected chi connectivity index (χ4v) is 4.22. The summed E-state index contributed by atoms with van der Waals surface area (Å²) in [5, 5.41) is 15.2. The molecule has 2 atom stereocenters. The third-order valence-corrected chi connectivity index (χ3v) is 6.02. The Morgan fingerprint density at radius 2 is 2.09 bits per heavy atom. The van der Waals surface area contributed by atoms with Gasteiger partial charge in [-0.05, 0) is 37.0 Å². The zero-order valence-electron chi connectivity index (χ0n) is 20.2. The first-order valence-corrected chi connectivity index (χ1v) is 11.6. The quantitative estimate of drug-likeness (QED) is 0.446. The molecule has 2 aromatic rings. The maximum Gasteiger partial charge on any atom is 0.268 e. The number of carbonyl (C=O) groups excluding carboxylic acids is 4. The van der Waals surface area contributed by atoms with E-state index in [4.69, 9.17) is 10.00 Å². The van der Waals surface area contributed by atoms with Crippen LogP contribution >= 0.6 is 0 Å². The fraction of sp³-hybridized carbons (Fsp3) is 0.480. The van der Waals surface area contributed by atoms with E-state index < -0.39 is 23.8 Å². The van der Waals surface area contributed by atoms with Gasteiger partial charge in [-0.2, -0.15) is 5.26 Å². The number of nitrogens with zero attached hydrogens (tertiary/aromatic N) is 2. The van der Waals surface area contributed by atoms with Crippen LogP contribution in [-0.4, -0.2) is 66.2 Å². The van der Waals surface area contributed by atoms with Crippen molar-refractivity contribution >= 4 is 34.4 Å². The van der Waals surface area contributed by atoms with E-state index >= 15 is 0 Å². The molecule has 0 unspecified atom stereocenters. The predicted molar refractivity (Wildman–Crippen MR) is 128 cm³/mol. The monoisotopic (exact) mass is 481 g/mol. The molecule has 0 saturated carbocycles. The van der Waals surface area contributed by atoms with Gasteiger partial charge < -0.3 is 25.3 Å². The highest BCUT2D eigenvalue weighted by Crippen LogP contribution is 2.26. The summed E-state index contributed by atoms with van der Waals surface area (Å²) in [6.07, 6.45) is 0.539. The number of ketones is 1. The molecule has 1 fully saturated rings. The van der Waals surface area contributed by atoms with Crippen molar-refractivity contribution in [1.82, 2.24) is 20.5 Å². The Labute approximate surface area is 204 Å². The topological polar surface area (TPSA) is 144 Å². The lowest BCUT2D eigenvalue weighted by Gasteiger charge is -2.26. The number of carbonyl (C=O) groups is 4. The Kier molecular flexibility index (Phi) is 8.47. The fourth-order valence-electron chi connectivity index (χ4n) is 4.22. The van der Waals surface area contributed by atoms with Crippen LogP contribution in [0.5, 0.6) is 5.75 Å². The number of Topliss-reactive ketones (excluding diaryl/α,β-unsaturated/α-hetero) is 1. The average molecular weight is 482 g/mol. The van der Waals surface area contributed by atoms with Gasteiger partial charge in [0.25, 0.3) is 5.91 Å². The third-order valence-electron chi connectivity index (χ3n) is 6.02. The molecule has 0 bridgehead atoms. The number of methoxy groups -OCH3 is 1. The van der Waals surface area contributed by atoms with Crippen LogP contribution in [0.1, 0.15) is 43.6 Å². The SMILES string of the molecule is COc1cccc2[nH]c(C(=O)N[C@@H](CC(C)C)C(=O)CN(C[C@@H]3CCNC3=O)C(=O)CC#N)cc12. The van der Waals surface area contributed by atoms with Gasteiger partial charge in [0, 0.05) is 24.0 Å². The lowest BCUT2D eigenvalue weighted by molar-refractivity contribution is -0.136. The van der Waals surface area contributed by atoms with Crippen molar-refractivity contribution in [3.05, 3.63) is 30.0 Å². The second-order valence-corrected chi connectivity index (χ2v) is 9.11. The zero-order chi connectivity index (χ0) is 25.5. The minimum absolute atomic E-state index is 0.0578. The molecule has 3 amide bonds. The van der Waals surface area contributed by atoms with Crippen LogP contribution in [0.3, 0.4) is 0 Å². The number of H-pyrrole nitrogens is 1. The number of aromatic amines is 1. The first-order valence-electron chi connectivity index (χ1n) is 11.6. The van der Waals surface area contributed by atoms with Crippen LogP contribution in [0.4, 0.5) is 0 Å². The van der Waals surface area contributed by atoms with Crippen LogP contribution in [0.15, 0.2) is 24.3 Å². The van der Waals surface area contributed by atoms with Gasteiger partial charge in [-0.3, -0.25) is 19.2 Å². The highest BCUT2D eigenvalue weighted by atomic mass is 16.5. The highest BCUT2D eigenvalue weighted by molar-refractivity contribution is 6.02. The van der Waals surface area contributed by atoms with Gasteiger partial charge in [-0.25, -0.2) is 0 Å². The van der Waals surface area contributed by atoms with Crippen LogP contribution in [-0.2, 0) is 14.4 Å². The number of aromatic nitrogens is 1. The van der Waals surface area contributed by atoms with Gasteiger partial charge in [-0.1, -0.05) is 19.9 Å². The Hall–Kier alpha value is -3.87. The first kappa shape index (κ1) is 25.7. The molecule has 186 valence electrons. The molecule has 2 heterocycles. The summed E-state index contributed by atoms with van der Waals surface area (Å²) in [5.74, 6) is -1.21. The minimum Gasteiger partial charge on any atom is -0.496 e. The number of nitriles is 1. The van der Waals surface area contributed by atoms with Gasteiger partial charge in [-0.15, -0.1) is 0 Å². The van der Waals surface area contributed by atoms with Crippen molar-refractivity contribution in [3.8, 4) is 11.8 Å². The molecule has 1 aliphatic rings. The Morgan fingerprint density at radius 3 is 2.71 bits per heavy atom. The molecule has 1 saturated heterocycles. The molecule has 1 aliphatic heterocycles. The third kappa shape index (κ3) is 6.38. The van der Waals surface area contributed by atoms with Gasteiger partial charge >= 0.3 is 0 Å². The van der Waals surface area contributed by atoms with E-state index in [1.54, 1.807) is 19.2 Å². The molecule has 3 N–H and O–H groups in total. The molecule has 0 spiro atoms. The second-order valence-electron chi connectivity index (χ2n) is 9.11. The van der Waals surface area contributed by atoms with E-state index in [9.17, 15) is 19.2 Å². The molecule has 1 aromatic carbocycles. The van der Waals surface area contributed by atoms with E-state index in [2.05, 4.69) is 15.6 Å². The number of ether oxygens (including phenoxy) is 1. The molecule has 1 aromatic heterocycles. The molecule has 0 aliphatic carbocycles. The van der Waals surface area contributed by atoms with Crippen molar-refractivity contribution in [3.63, 3.8) is 0 Å². The maximum atomic E-state index is 13.3. The number of rotatable bonds is 11. The summed E-state index contributed by atoms with van der Waals surface area (Å²) in [4.78, 5) is 55.2. The molecular formula is C25H31N5O5. The van der Waals surface area contributed by atoms with Gasteiger partial charge in [0.15, 0.2) is 5.78 Å². The lowest BCUT2D eigenvalue weighted by atomic mass is 9.99. The van der Waals surface area contributed by atoms with Crippen molar-refractivity contribution in [2.75, 3.05) is 26.7 Å². The van der Waals surface area contributed by atoms with E-state index in [0.717, 1.165) is 10.9 Å². The smallest absolute Gasteiger partial charge is 0.268 e. The standard InChI is InChI=1S/C25H31N5O5/c1-15(2)11-19(29-25(34)20-12-17-18(28-20)5-4-6-22(17)35-3)21(31)14-30(23(32)7-9-26)13-16-8-10-27-24(16)33/h4-6,12,15-16,19,28H,7-8,10-11,13-14H2,1-3H3,(H,27,33)(H,29,34)/t16-,19-/m0/s1. The van der Waals surface area contributed by atoms with Crippen LogP contribution in [0.2, 0.25) is 0 Å². The predicted octanol–water partition coefficient (Wildman–Crippen LogP) is 1.77. The molecular weight excluding hydrogens is 450 g/mol. The van der Waals surface area contributed by atoms with Gasteiger partial charge in [0.1, 0.15) is 17.9 Å². The van der Waals surface area contributed by atoms with E-state index in [0.29, 0.717) is 25.1 Å². The Bertz CT molecular complexity index is 1150. The van der Waals surface area contributed by atoms with Gasteiger partial charge in [0.2, 0.25) is 11.8 Å². The molecule has 10 heteroatoms. The maximum absolute atomic E-state index is 13.3. The summed E-state index contributed by atoms with van der Waals surface area (Å²) in [6.45, 7) is 4.15. The largest absolute Gasteiger partial charge is 0.496 e. The van der Waals surface area contributed by atoms with Gasteiger partial charge in [0.05, 0.1) is 31.7 Å². The molecule has 35 heavy (non-hydrogen) atoms. The molecule has 3 rings (SSSR count). The number of fused-ring (bicyclic) bond motifs is 1. The summed E-state index contributed by atoms with van der Waals surface area (Å²) >= 11 is 0. The normalized spacial score (nSPS) is 16.0. The summed E-state index contributed by atoms with van der Waals surface area (Å²) in [6, 6.07) is 8.06. The first-order chi connectivity index (χ1) is 16.7. The summed E-state index contributed by atoms with van der Waals surface area (Å²) in [7, 11) is 1.55. The van der Waals surface area contributed by atoms with E-state index in [1.165, 1.54) is 4.90 Å². The average Bonchev–Trinajstić information content (AvgIpc) is 3.43. The minimum atomic E-state index is -0.842. The zero-order valence-corrected chi connectivity index (χ0v) is 20.2. The highest BCUT2D eigenvalue weighted by Gasteiger charge is 2.31. The second kappa shape index (κ2) is 11.5. The molecule has 0 radical (unpaired) electrons. The van der Waals surface area contributed by atoms with Crippen LogP contribution in [0, 0.1) is 23.2 Å². The summed E-state index contributed by atoms with van der Waals surface area (Å²) in [5.41, 5.74) is 1.01. The number of amides is 3. The van der Waals surface area contributed by atoms with E-state index in [1.807, 2.05) is 32.0 Å². The number of hydrogen-bond acceptors (Lipinski definition) is 6. The van der Waals surface area contributed by atoms with Crippen molar-refractivity contribution in [2.45, 2.75) is 39.2 Å². The Balaban J connectivity index is 1.77. The van der Waals surface area contributed by atoms with E-state index in [-0.39, 0.29) is 42.8 Å². The Morgan fingerprint density at radius 1 is 1.31 bits per heavy atom. The number of benzene rings is 1. The number of nitrogens with one attached hydrogen (secondary N) is 3. The summed E-state index contributed by atoms with van der Waals surface area (Å²) < 4.78 is 5.35. The molecule has 10 nitrogen and oxygen atoms in total. The number of hydrogen-bond donors (Lipinski definition) is 3.